The van der Waals surface area contributed by atoms with Crippen molar-refractivity contribution in [3.05, 3.63) is 29.8 Å². The Balaban J connectivity index is 2.00. The van der Waals surface area contributed by atoms with E-state index in [1.165, 1.54) is 0 Å². The predicted octanol–water partition coefficient (Wildman–Crippen LogP) is 3.31. The number of sulfonamides is 1. The molecule has 3 rings (SSSR count). The van der Waals surface area contributed by atoms with Gasteiger partial charge < -0.3 is 4.74 Å². The quantitative estimate of drug-likeness (QED) is 0.857. The monoisotopic (exact) mass is 323 g/mol. The van der Waals surface area contributed by atoms with Gasteiger partial charge in [0.05, 0.1) is 17.0 Å². The molecule has 1 saturated heterocycles. The second-order valence-electron chi connectivity index (χ2n) is 6.81. The Morgan fingerprint density at radius 1 is 1.14 bits per heavy atom. The minimum Gasteiger partial charge on any atom is -0.357 e. The molecule has 0 aromatic heterocycles. The Morgan fingerprint density at radius 3 is 2.41 bits per heavy atom. The Bertz CT molecular complexity index is 622. The van der Waals surface area contributed by atoms with E-state index in [0.717, 1.165) is 31.2 Å². The van der Waals surface area contributed by atoms with Gasteiger partial charge in [-0.25, -0.2) is 8.42 Å². The average Bonchev–Trinajstić information content (AvgIpc) is 2.88. The van der Waals surface area contributed by atoms with E-state index < -0.39 is 10.0 Å². The summed E-state index contributed by atoms with van der Waals surface area (Å²) in [5.74, 6) is 0.144. The van der Waals surface area contributed by atoms with Gasteiger partial charge >= 0.3 is 0 Å². The first-order valence-electron chi connectivity index (χ1n) is 8.17. The van der Waals surface area contributed by atoms with Crippen LogP contribution in [0.1, 0.15) is 45.1 Å². The number of hydrogen-bond donors (Lipinski definition) is 0. The highest BCUT2D eigenvalue weighted by molar-refractivity contribution is 7.89. The lowest BCUT2D eigenvalue weighted by Crippen LogP contribution is -2.45. The molecule has 5 heteroatoms. The predicted molar refractivity (Wildman–Crippen MR) is 86.0 cm³/mol. The summed E-state index contributed by atoms with van der Waals surface area (Å²) >= 11 is 0. The van der Waals surface area contributed by atoms with Crippen LogP contribution in [0.3, 0.4) is 0 Å². The second-order valence-corrected chi connectivity index (χ2v) is 8.65. The Labute approximate surface area is 133 Å². The molecule has 2 unspecified atom stereocenters. The lowest BCUT2D eigenvalue weighted by atomic mass is 9.93. The number of aryl methyl sites for hydroxylation is 1. The molecule has 1 saturated carbocycles. The smallest absolute Gasteiger partial charge is 0.245 e. The summed E-state index contributed by atoms with van der Waals surface area (Å²) in [4.78, 5) is 0.374. The Morgan fingerprint density at radius 2 is 1.77 bits per heavy atom. The molecule has 0 spiro atoms. The van der Waals surface area contributed by atoms with E-state index in [0.29, 0.717) is 4.90 Å². The van der Waals surface area contributed by atoms with E-state index in [2.05, 4.69) is 0 Å². The fourth-order valence-corrected chi connectivity index (χ4v) is 5.44. The van der Waals surface area contributed by atoms with Gasteiger partial charge in [0.15, 0.2) is 0 Å². The molecule has 4 nitrogen and oxygen atoms in total. The van der Waals surface area contributed by atoms with Crippen LogP contribution in [0.2, 0.25) is 0 Å². The van der Waals surface area contributed by atoms with Crippen molar-refractivity contribution >= 4 is 10.0 Å². The molecule has 3 atom stereocenters. The fraction of sp³-hybridized carbons (Fsp3) is 0.647. The molecule has 1 aliphatic carbocycles. The molecule has 22 heavy (non-hydrogen) atoms. The van der Waals surface area contributed by atoms with Gasteiger partial charge in [0.1, 0.15) is 6.23 Å². The van der Waals surface area contributed by atoms with Gasteiger partial charge in [0.2, 0.25) is 10.0 Å². The number of fused-ring (bicyclic) bond motifs is 1. The minimum absolute atomic E-state index is 0.00699. The Hall–Kier alpha value is -0.910. The van der Waals surface area contributed by atoms with Crippen molar-refractivity contribution in [2.45, 2.75) is 69.7 Å². The van der Waals surface area contributed by atoms with E-state index >= 15 is 0 Å². The summed E-state index contributed by atoms with van der Waals surface area (Å²) in [6.07, 6.45) is 3.78. The molecule has 0 radical (unpaired) electrons. The van der Waals surface area contributed by atoms with Crippen LogP contribution in [0.15, 0.2) is 29.2 Å². The zero-order chi connectivity index (χ0) is 15.9. The summed E-state index contributed by atoms with van der Waals surface area (Å²) in [5.41, 5.74) is 1.06. The van der Waals surface area contributed by atoms with Crippen molar-refractivity contribution < 1.29 is 13.2 Å². The molecular formula is C17H25NO3S. The van der Waals surface area contributed by atoms with Crippen LogP contribution in [-0.4, -0.2) is 31.1 Å². The van der Waals surface area contributed by atoms with Gasteiger partial charge in [-0.1, -0.05) is 44.4 Å². The van der Waals surface area contributed by atoms with Crippen LogP contribution in [-0.2, 0) is 14.8 Å². The molecule has 1 heterocycles. The molecule has 122 valence electrons. The number of rotatable bonds is 3. The fourth-order valence-electron chi connectivity index (χ4n) is 3.55. The molecule has 1 aromatic carbocycles. The first-order chi connectivity index (χ1) is 10.4. The highest BCUT2D eigenvalue weighted by Gasteiger charge is 2.50. The van der Waals surface area contributed by atoms with Crippen molar-refractivity contribution in [2.75, 3.05) is 0 Å². The highest BCUT2D eigenvalue weighted by Crippen LogP contribution is 2.40. The number of nitrogens with zero attached hydrogens (tertiary/aromatic N) is 1. The molecule has 1 aromatic rings. The second kappa shape index (κ2) is 5.95. The minimum atomic E-state index is -3.51. The third kappa shape index (κ3) is 2.70. The van der Waals surface area contributed by atoms with Gasteiger partial charge in [-0.15, -0.1) is 0 Å². The number of ether oxygens (including phenoxy) is 1. The van der Waals surface area contributed by atoms with Crippen molar-refractivity contribution in [1.29, 1.82) is 0 Å². The standard InChI is InChI=1S/C17H25NO3S/c1-12(2)17-18(15-6-4-5-7-16(15)21-17)22(19,20)14-10-8-13(3)9-11-14/h8-12,15-17H,4-7H2,1-3H3/t15-,16?,17?/m0/s1. The van der Waals surface area contributed by atoms with Crippen LogP contribution in [0.25, 0.3) is 0 Å². The van der Waals surface area contributed by atoms with E-state index in [-0.39, 0.29) is 24.3 Å². The normalized spacial score (nSPS) is 29.7. The molecule has 0 bridgehead atoms. The highest BCUT2D eigenvalue weighted by atomic mass is 32.2. The van der Waals surface area contributed by atoms with Gasteiger partial charge in [-0.2, -0.15) is 4.31 Å². The topological polar surface area (TPSA) is 46.6 Å². The first kappa shape index (κ1) is 16.0. The van der Waals surface area contributed by atoms with Gasteiger partial charge in [-0.05, 0) is 37.8 Å². The van der Waals surface area contributed by atoms with E-state index in [1.54, 1.807) is 16.4 Å². The van der Waals surface area contributed by atoms with Crippen LogP contribution < -0.4 is 0 Å². The maximum Gasteiger partial charge on any atom is 0.245 e. The Kier molecular flexibility index (Phi) is 4.32. The van der Waals surface area contributed by atoms with Crippen molar-refractivity contribution in [1.82, 2.24) is 4.31 Å². The maximum absolute atomic E-state index is 13.2. The van der Waals surface area contributed by atoms with E-state index in [4.69, 9.17) is 4.74 Å². The zero-order valence-electron chi connectivity index (χ0n) is 13.5. The average molecular weight is 323 g/mol. The number of benzene rings is 1. The van der Waals surface area contributed by atoms with E-state index in [1.807, 2.05) is 32.9 Å². The van der Waals surface area contributed by atoms with Crippen molar-refractivity contribution in [3.63, 3.8) is 0 Å². The van der Waals surface area contributed by atoms with Crippen LogP contribution in [0.4, 0.5) is 0 Å². The van der Waals surface area contributed by atoms with Gasteiger partial charge in [-0.3, -0.25) is 0 Å². The lowest BCUT2D eigenvalue weighted by Gasteiger charge is -2.31. The van der Waals surface area contributed by atoms with Gasteiger partial charge in [0, 0.05) is 0 Å². The molecule has 0 amide bonds. The maximum atomic E-state index is 13.2. The van der Waals surface area contributed by atoms with E-state index in [9.17, 15) is 8.42 Å². The molecule has 1 aliphatic heterocycles. The largest absolute Gasteiger partial charge is 0.357 e. The molecule has 2 aliphatic rings. The summed E-state index contributed by atoms with van der Waals surface area (Å²) < 4.78 is 34.1. The summed E-state index contributed by atoms with van der Waals surface area (Å²) in [5, 5.41) is 0. The summed E-state index contributed by atoms with van der Waals surface area (Å²) in [7, 11) is -3.51. The van der Waals surface area contributed by atoms with Gasteiger partial charge in [0.25, 0.3) is 0 Å². The SMILES string of the molecule is Cc1ccc(S(=O)(=O)N2C(C(C)C)OC3CCCC[C@@H]32)cc1. The molecule has 2 fully saturated rings. The number of hydrogen-bond acceptors (Lipinski definition) is 3. The van der Waals surface area contributed by atoms with Crippen molar-refractivity contribution in [3.8, 4) is 0 Å². The molecule has 0 N–H and O–H groups in total. The summed E-state index contributed by atoms with van der Waals surface area (Å²) in [6, 6.07) is 7.11. The third-order valence-electron chi connectivity index (χ3n) is 4.73. The van der Waals surface area contributed by atoms with Crippen molar-refractivity contribution in [2.24, 2.45) is 5.92 Å². The van der Waals surface area contributed by atoms with Crippen LogP contribution in [0.5, 0.6) is 0 Å². The van der Waals surface area contributed by atoms with Crippen LogP contribution in [0, 0.1) is 12.8 Å². The summed E-state index contributed by atoms with van der Waals surface area (Å²) in [6.45, 7) is 6.02. The molecular weight excluding hydrogens is 298 g/mol. The van der Waals surface area contributed by atoms with Crippen LogP contribution >= 0.6 is 0 Å². The third-order valence-corrected chi connectivity index (χ3v) is 6.63. The lowest BCUT2D eigenvalue weighted by molar-refractivity contribution is -0.0127. The first-order valence-corrected chi connectivity index (χ1v) is 9.61. The zero-order valence-corrected chi connectivity index (χ0v) is 14.3.